The molecule has 0 spiro atoms. The van der Waals surface area contributed by atoms with E-state index >= 15 is 0 Å². The first-order chi connectivity index (χ1) is 12.2. The van der Waals surface area contributed by atoms with Crippen LogP contribution in [-0.4, -0.2) is 19.2 Å². The maximum atomic E-state index is 12.4. The molecule has 1 aliphatic carbocycles. The fraction of sp³-hybridized carbons (Fsp3) is 0.136. The maximum Gasteiger partial charge on any atom is 0.344 e. The Morgan fingerprint density at radius 1 is 1.04 bits per heavy atom. The quantitative estimate of drug-likeness (QED) is 0.596. The monoisotopic (exact) mass is 349 g/mol. The van der Waals surface area contributed by atoms with Crippen LogP contribution >= 0.6 is 7.26 Å². The minimum atomic E-state index is -2.15. The van der Waals surface area contributed by atoms with E-state index in [-0.39, 0.29) is 5.97 Å². The number of esters is 1. The Morgan fingerprint density at radius 3 is 2.08 bits per heavy atom. The molecule has 0 aromatic heterocycles. The van der Waals surface area contributed by atoms with Gasteiger partial charge in [0.2, 0.25) is 0 Å². The molecule has 0 unspecified atom stereocenters. The van der Waals surface area contributed by atoms with Gasteiger partial charge in [-0.15, -0.1) is 0 Å². The summed E-state index contributed by atoms with van der Waals surface area (Å²) in [5, 5.41) is 3.53. The van der Waals surface area contributed by atoms with Crippen LogP contribution in [0.15, 0.2) is 96.4 Å². The Kier molecular flexibility index (Phi) is 5.31. The van der Waals surface area contributed by atoms with Crippen molar-refractivity contribution in [1.82, 2.24) is 0 Å². The van der Waals surface area contributed by atoms with E-state index in [1.807, 2.05) is 36.4 Å². The molecule has 126 valence electrons. The van der Waals surface area contributed by atoms with Crippen molar-refractivity contribution in [3.8, 4) is 0 Å². The zero-order valence-corrected chi connectivity index (χ0v) is 15.3. The summed E-state index contributed by atoms with van der Waals surface area (Å²) >= 11 is 0. The Labute approximate surface area is 149 Å². The SMILES string of the molecule is C=C1C=C([P+](CC(=O)OC)(c2ccccc2)c2ccccc2)C=CC1. The van der Waals surface area contributed by atoms with Crippen LogP contribution in [0.3, 0.4) is 0 Å². The van der Waals surface area contributed by atoms with E-state index in [9.17, 15) is 4.79 Å². The summed E-state index contributed by atoms with van der Waals surface area (Å²) in [6.07, 6.45) is 7.64. The number of carbonyl (C=O) groups is 1. The minimum absolute atomic E-state index is 0.188. The van der Waals surface area contributed by atoms with Crippen LogP contribution in [0.2, 0.25) is 0 Å². The zero-order chi connectivity index (χ0) is 17.7. The molecule has 3 heteroatoms. The third-order valence-corrected chi connectivity index (χ3v) is 8.70. The van der Waals surface area contributed by atoms with Crippen molar-refractivity contribution in [2.75, 3.05) is 13.3 Å². The average Bonchev–Trinajstić information content (AvgIpc) is 2.67. The zero-order valence-electron chi connectivity index (χ0n) is 14.4. The number of benzene rings is 2. The van der Waals surface area contributed by atoms with Gasteiger partial charge in [-0.3, -0.25) is 0 Å². The summed E-state index contributed by atoms with van der Waals surface area (Å²) in [6, 6.07) is 20.6. The molecule has 2 aromatic carbocycles. The van der Waals surface area contributed by atoms with Crippen LogP contribution in [0.25, 0.3) is 0 Å². The van der Waals surface area contributed by atoms with Crippen LogP contribution in [0, 0.1) is 0 Å². The Hall–Kier alpha value is -2.44. The van der Waals surface area contributed by atoms with Crippen LogP contribution in [0.4, 0.5) is 0 Å². The summed E-state index contributed by atoms with van der Waals surface area (Å²) in [6.45, 7) is 4.14. The van der Waals surface area contributed by atoms with Gasteiger partial charge in [-0.2, -0.15) is 0 Å². The fourth-order valence-corrected chi connectivity index (χ4v) is 7.31. The average molecular weight is 349 g/mol. The maximum absolute atomic E-state index is 12.4. The summed E-state index contributed by atoms with van der Waals surface area (Å²) < 4.78 is 5.08. The molecule has 0 radical (unpaired) electrons. The predicted octanol–water partition coefficient (Wildman–Crippen LogP) is 4.23. The summed E-state index contributed by atoms with van der Waals surface area (Å²) in [4.78, 5) is 12.4. The van der Waals surface area contributed by atoms with E-state index in [2.05, 4.69) is 49.1 Å². The van der Waals surface area contributed by atoms with E-state index in [1.165, 1.54) is 23.0 Å². The Balaban J connectivity index is 2.29. The van der Waals surface area contributed by atoms with Gasteiger partial charge in [-0.05, 0) is 48.4 Å². The normalized spacial score (nSPS) is 14.1. The molecular weight excluding hydrogens is 327 g/mol. The molecule has 2 aromatic rings. The predicted molar refractivity (Wildman–Crippen MR) is 107 cm³/mol. The molecule has 0 fully saturated rings. The van der Waals surface area contributed by atoms with Crippen molar-refractivity contribution in [2.24, 2.45) is 0 Å². The molecule has 0 saturated heterocycles. The highest BCUT2D eigenvalue weighted by Crippen LogP contribution is 2.64. The van der Waals surface area contributed by atoms with Crippen LogP contribution in [0.1, 0.15) is 6.42 Å². The molecule has 0 amide bonds. The minimum Gasteiger partial charge on any atom is -0.466 e. The molecule has 2 nitrogen and oxygen atoms in total. The second-order valence-corrected chi connectivity index (χ2v) is 9.53. The van der Waals surface area contributed by atoms with Gasteiger partial charge in [0.1, 0.15) is 23.2 Å². The molecule has 0 N–H and O–H groups in total. The third kappa shape index (κ3) is 3.50. The smallest absolute Gasteiger partial charge is 0.344 e. The molecule has 0 saturated carbocycles. The molecule has 0 heterocycles. The lowest BCUT2D eigenvalue weighted by molar-refractivity contribution is -0.137. The van der Waals surface area contributed by atoms with Gasteiger partial charge >= 0.3 is 5.97 Å². The standard InChI is InChI=1S/C22H22O2P/c1-18-10-9-15-21(16-18)25(17-22(23)24-2,19-11-5-3-6-12-19)20-13-7-4-8-14-20/h3-9,11-16H,1,10,17H2,2H3/q+1. The van der Waals surface area contributed by atoms with Crippen molar-refractivity contribution in [1.29, 1.82) is 0 Å². The first kappa shape index (κ1) is 17.4. The number of allylic oxidation sites excluding steroid dienone is 5. The summed E-state index contributed by atoms with van der Waals surface area (Å²) in [5.74, 6) is -0.188. The number of ether oxygens (including phenoxy) is 1. The van der Waals surface area contributed by atoms with Crippen molar-refractivity contribution >= 4 is 23.8 Å². The number of rotatable bonds is 5. The lowest BCUT2D eigenvalue weighted by Gasteiger charge is -2.28. The molecule has 0 atom stereocenters. The Bertz CT molecular complexity index is 780. The number of hydrogen-bond donors (Lipinski definition) is 0. The molecule has 0 bridgehead atoms. The highest BCUT2D eigenvalue weighted by Gasteiger charge is 2.48. The van der Waals surface area contributed by atoms with Gasteiger partial charge in [0.15, 0.2) is 6.16 Å². The topological polar surface area (TPSA) is 26.3 Å². The van der Waals surface area contributed by atoms with Gasteiger partial charge in [-0.25, -0.2) is 4.79 Å². The number of methoxy groups -OCH3 is 1. The second kappa shape index (κ2) is 7.63. The van der Waals surface area contributed by atoms with Crippen molar-refractivity contribution < 1.29 is 9.53 Å². The molecule has 0 aliphatic heterocycles. The molecular formula is C22H22O2P+. The highest BCUT2D eigenvalue weighted by molar-refractivity contribution is 7.93. The molecule has 25 heavy (non-hydrogen) atoms. The van der Waals surface area contributed by atoms with Crippen LogP contribution in [-0.2, 0) is 9.53 Å². The van der Waals surface area contributed by atoms with Gasteiger partial charge in [0.05, 0.1) is 7.11 Å². The van der Waals surface area contributed by atoms with E-state index in [1.54, 1.807) is 0 Å². The van der Waals surface area contributed by atoms with E-state index in [4.69, 9.17) is 4.74 Å². The molecule has 1 aliphatic rings. The first-order valence-electron chi connectivity index (χ1n) is 8.29. The first-order valence-corrected chi connectivity index (χ1v) is 10.3. The van der Waals surface area contributed by atoms with Crippen molar-refractivity contribution in [2.45, 2.75) is 6.42 Å². The van der Waals surface area contributed by atoms with E-state index in [0.29, 0.717) is 6.16 Å². The molecule has 3 rings (SSSR count). The highest BCUT2D eigenvalue weighted by atomic mass is 31.2. The van der Waals surface area contributed by atoms with Crippen molar-refractivity contribution in [3.63, 3.8) is 0 Å². The van der Waals surface area contributed by atoms with Gasteiger partial charge < -0.3 is 4.74 Å². The number of hydrogen-bond acceptors (Lipinski definition) is 2. The number of carbonyl (C=O) groups excluding carboxylic acids is 1. The van der Waals surface area contributed by atoms with E-state index < -0.39 is 7.26 Å². The van der Waals surface area contributed by atoms with Crippen LogP contribution in [0.5, 0.6) is 0 Å². The van der Waals surface area contributed by atoms with E-state index in [0.717, 1.165) is 12.0 Å². The van der Waals surface area contributed by atoms with Crippen LogP contribution < -0.4 is 10.6 Å². The van der Waals surface area contributed by atoms with Gasteiger partial charge in [0.25, 0.3) is 0 Å². The lowest BCUT2D eigenvalue weighted by Crippen LogP contribution is -2.30. The summed E-state index contributed by atoms with van der Waals surface area (Å²) in [7, 11) is -0.692. The summed E-state index contributed by atoms with van der Waals surface area (Å²) in [5.41, 5.74) is 1.07. The second-order valence-electron chi connectivity index (χ2n) is 6.05. The third-order valence-electron chi connectivity index (χ3n) is 4.45. The van der Waals surface area contributed by atoms with Gasteiger partial charge in [-0.1, -0.05) is 49.1 Å². The van der Waals surface area contributed by atoms with Crippen molar-refractivity contribution in [3.05, 3.63) is 96.4 Å². The lowest BCUT2D eigenvalue weighted by atomic mass is 10.1. The van der Waals surface area contributed by atoms with Gasteiger partial charge in [0, 0.05) is 0 Å². The fourth-order valence-electron chi connectivity index (χ4n) is 3.23. The Morgan fingerprint density at radius 2 is 1.60 bits per heavy atom. The largest absolute Gasteiger partial charge is 0.466 e.